The molecular formula is C32H48F2O. The van der Waals surface area contributed by atoms with Gasteiger partial charge in [0.2, 0.25) is 5.82 Å². The summed E-state index contributed by atoms with van der Waals surface area (Å²) in [6.45, 7) is 4.45. The third-order valence-corrected chi connectivity index (χ3v) is 9.75. The third-order valence-electron chi connectivity index (χ3n) is 9.75. The number of hydrogen-bond acceptors (Lipinski definition) is 1. The summed E-state index contributed by atoms with van der Waals surface area (Å²) >= 11 is 0. The first-order valence-electron chi connectivity index (χ1n) is 14.8. The van der Waals surface area contributed by atoms with Gasteiger partial charge in [-0.15, -0.1) is 0 Å². The maximum Gasteiger partial charge on any atom is 0.200 e. The highest BCUT2D eigenvalue weighted by molar-refractivity contribution is 5.33. The SMILES string of the molecule is C/C=C/COc1ccc(C2CCC(C3CCC4CC(CCCCCC)CCC4C3)CC2)c(F)c1F. The lowest BCUT2D eigenvalue weighted by atomic mass is 9.60. The van der Waals surface area contributed by atoms with Gasteiger partial charge in [-0.25, -0.2) is 4.39 Å². The van der Waals surface area contributed by atoms with Gasteiger partial charge in [0.25, 0.3) is 0 Å². The Bertz CT molecular complexity index is 810. The standard InChI is InChI=1S/C32H48F2O/c1-3-5-7-8-9-23-10-11-28-22-27(17-16-26(28)21-23)24-12-14-25(15-13-24)29-18-19-30(32(34)31(29)33)35-20-6-4-2/h4,6,18-19,23-28H,3,5,7-17,20-22H2,1-2H3/b6-4+. The fourth-order valence-electron chi connectivity index (χ4n) is 7.68. The van der Waals surface area contributed by atoms with Gasteiger partial charge >= 0.3 is 0 Å². The number of rotatable bonds is 10. The average Bonchev–Trinajstić information content (AvgIpc) is 2.89. The third kappa shape index (κ3) is 6.89. The largest absolute Gasteiger partial charge is 0.486 e. The van der Waals surface area contributed by atoms with E-state index in [4.69, 9.17) is 4.74 Å². The van der Waals surface area contributed by atoms with Crippen molar-refractivity contribution in [2.75, 3.05) is 6.61 Å². The van der Waals surface area contributed by atoms with Crippen LogP contribution >= 0.6 is 0 Å². The molecule has 0 aromatic heterocycles. The van der Waals surface area contributed by atoms with Crippen molar-refractivity contribution in [1.29, 1.82) is 0 Å². The number of fused-ring (bicyclic) bond motifs is 1. The summed E-state index contributed by atoms with van der Waals surface area (Å²) in [6.07, 6.45) is 23.7. The van der Waals surface area contributed by atoms with Crippen molar-refractivity contribution in [3.05, 3.63) is 41.5 Å². The molecule has 0 heterocycles. The van der Waals surface area contributed by atoms with Gasteiger partial charge in [-0.1, -0.05) is 63.7 Å². The van der Waals surface area contributed by atoms with Crippen molar-refractivity contribution in [3.63, 3.8) is 0 Å². The first kappa shape index (κ1) is 26.7. The molecule has 0 radical (unpaired) electrons. The molecule has 4 rings (SSSR count). The topological polar surface area (TPSA) is 9.23 Å². The average molecular weight is 487 g/mol. The van der Waals surface area contributed by atoms with Crippen LogP contribution < -0.4 is 4.74 Å². The van der Waals surface area contributed by atoms with Crippen molar-refractivity contribution in [1.82, 2.24) is 0 Å². The Balaban J connectivity index is 1.24. The molecule has 0 bridgehead atoms. The minimum atomic E-state index is -0.826. The minimum Gasteiger partial charge on any atom is -0.486 e. The first-order chi connectivity index (χ1) is 17.1. The normalized spacial score (nSPS) is 31.4. The van der Waals surface area contributed by atoms with Gasteiger partial charge in [0.05, 0.1) is 0 Å². The molecule has 0 saturated heterocycles. The van der Waals surface area contributed by atoms with Gasteiger partial charge in [0.1, 0.15) is 6.61 Å². The summed E-state index contributed by atoms with van der Waals surface area (Å²) in [5.41, 5.74) is 0.556. The molecule has 35 heavy (non-hydrogen) atoms. The number of ether oxygens (including phenoxy) is 1. The van der Waals surface area contributed by atoms with Crippen molar-refractivity contribution in [2.24, 2.45) is 29.6 Å². The van der Waals surface area contributed by atoms with E-state index in [1.165, 1.54) is 83.5 Å². The summed E-state index contributed by atoms with van der Waals surface area (Å²) in [7, 11) is 0. The van der Waals surface area contributed by atoms with Crippen molar-refractivity contribution in [3.8, 4) is 5.75 Å². The zero-order valence-electron chi connectivity index (χ0n) is 22.3. The fraction of sp³-hybridized carbons (Fsp3) is 0.750. The van der Waals surface area contributed by atoms with E-state index < -0.39 is 11.6 Å². The Hall–Kier alpha value is -1.38. The summed E-state index contributed by atoms with van der Waals surface area (Å²) in [5.74, 6) is 3.23. The van der Waals surface area contributed by atoms with Crippen LogP contribution in [0.25, 0.3) is 0 Å². The van der Waals surface area contributed by atoms with E-state index in [0.29, 0.717) is 5.56 Å². The predicted molar refractivity (Wildman–Crippen MR) is 142 cm³/mol. The van der Waals surface area contributed by atoms with Crippen molar-refractivity contribution < 1.29 is 13.5 Å². The maximum absolute atomic E-state index is 14.9. The quantitative estimate of drug-likeness (QED) is 0.236. The number of allylic oxidation sites excluding steroid dienone is 1. The van der Waals surface area contributed by atoms with Gasteiger partial charge in [0, 0.05) is 0 Å². The molecule has 1 aromatic rings. The lowest BCUT2D eigenvalue weighted by Gasteiger charge is -2.45. The van der Waals surface area contributed by atoms with E-state index in [9.17, 15) is 8.78 Å². The molecule has 1 aromatic carbocycles. The zero-order valence-corrected chi connectivity index (χ0v) is 22.3. The molecule has 3 saturated carbocycles. The molecule has 0 aliphatic heterocycles. The second kappa shape index (κ2) is 13.2. The van der Waals surface area contributed by atoms with E-state index in [2.05, 4.69) is 6.92 Å². The van der Waals surface area contributed by atoms with Crippen LogP contribution in [0.1, 0.15) is 122 Å². The van der Waals surface area contributed by atoms with Crippen LogP contribution in [0.15, 0.2) is 24.3 Å². The highest BCUT2D eigenvalue weighted by Gasteiger charge is 2.39. The van der Waals surface area contributed by atoms with Gasteiger partial charge < -0.3 is 4.74 Å². The minimum absolute atomic E-state index is 0.0190. The fourth-order valence-corrected chi connectivity index (χ4v) is 7.68. The summed E-state index contributed by atoms with van der Waals surface area (Å²) < 4.78 is 34.8. The highest BCUT2D eigenvalue weighted by Crippen LogP contribution is 2.50. The number of benzene rings is 1. The molecule has 3 heteroatoms. The van der Waals surface area contributed by atoms with Crippen LogP contribution in [-0.4, -0.2) is 6.61 Å². The van der Waals surface area contributed by atoms with Gasteiger partial charge in [-0.05, 0) is 112 Å². The molecule has 0 spiro atoms. The molecule has 0 amide bonds. The highest BCUT2D eigenvalue weighted by atomic mass is 19.2. The van der Waals surface area contributed by atoms with Crippen LogP contribution in [0.5, 0.6) is 5.75 Å². The Morgan fingerprint density at radius 2 is 1.49 bits per heavy atom. The van der Waals surface area contributed by atoms with Crippen LogP contribution in [0.3, 0.4) is 0 Å². The molecule has 3 aliphatic rings. The summed E-state index contributed by atoms with van der Waals surface area (Å²) in [6, 6.07) is 3.38. The molecule has 1 nitrogen and oxygen atoms in total. The van der Waals surface area contributed by atoms with Crippen molar-refractivity contribution in [2.45, 2.75) is 116 Å². The Morgan fingerprint density at radius 1 is 0.800 bits per heavy atom. The number of hydrogen-bond donors (Lipinski definition) is 0. The molecule has 4 atom stereocenters. The number of halogens is 2. The van der Waals surface area contributed by atoms with E-state index in [1.54, 1.807) is 18.2 Å². The van der Waals surface area contributed by atoms with Gasteiger partial charge in [-0.2, -0.15) is 4.39 Å². The van der Waals surface area contributed by atoms with Gasteiger partial charge in [-0.3, -0.25) is 0 Å². The maximum atomic E-state index is 14.9. The van der Waals surface area contributed by atoms with E-state index in [0.717, 1.165) is 42.4 Å². The summed E-state index contributed by atoms with van der Waals surface area (Å²) in [5, 5.41) is 0. The van der Waals surface area contributed by atoms with E-state index >= 15 is 0 Å². The lowest BCUT2D eigenvalue weighted by Crippen LogP contribution is -2.34. The second-order valence-corrected chi connectivity index (χ2v) is 11.9. The lowest BCUT2D eigenvalue weighted by molar-refractivity contribution is 0.0612. The van der Waals surface area contributed by atoms with Gasteiger partial charge in [0.15, 0.2) is 11.6 Å². The van der Waals surface area contributed by atoms with E-state index in [1.807, 2.05) is 13.0 Å². The van der Waals surface area contributed by atoms with Crippen LogP contribution in [0.4, 0.5) is 8.78 Å². The van der Waals surface area contributed by atoms with Crippen LogP contribution in [0.2, 0.25) is 0 Å². The zero-order chi connectivity index (χ0) is 24.6. The molecule has 3 aliphatic carbocycles. The van der Waals surface area contributed by atoms with Crippen LogP contribution in [0, 0.1) is 41.2 Å². The predicted octanol–water partition coefficient (Wildman–Crippen LogP) is 10.00. The molecule has 3 fully saturated rings. The smallest absolute Gasteiger partial charge is 0.200 e. The second-order valence-electron chi connectivity index (χ2n) is 11.9. The molecular weight excluding hydrogens is 438 g/mol. The Labute approximate surface area is 213 Å². The molecule has 196 valence electrons. The van der Waals surface area contributed by atoms with Crippen molar-refractivity contribution >= 4 is 0 Å². The molecule has 4 unspecified atom stereocenters. The molecule has 0 N–H and O–H groups in total. The number of unbranched alkanes of at least 4 members (excludes halogenated alkanes) is 3. The Morgan fingerprint density at radius 3 is 2.23 bits per heavy atom. The van der Waals surface area contributed by atoms with Crippen LogP contribution in [-0.2, 0) is 0 Å². The first-order valence-corrected chi connectivity index (χ1v) is 14.8. The Kier molecular flexibility index (Phi) is 10.1. The monoisotopic (exact) mass is 486 g/mol. The summed E-state index contributed by atoms with van der Waals surface area (Å²) in [4.78, 5) is 0. The van der Waals surface area contributed by atoms with E-state index in [-0.39, 0.29) is 18.3 Å².